The molecule has 2 N–H and O–H groups in total. The molecule has 0 bridgehead atoms. The summed E-state index contributed by atoms with van der Waals surface area (Å²) in [7, 11) is 0. The second-order valence-electron chi connectivity index (χ2n) is 4.40. The molecule has 2 aromatic rings. The maximum absolute atomic E-state index is 9.89. The van der Waals surface area contributed by atoms with Crippen LogP contribution < -0.4 is 5.32 Å². The number of rotatable bonds is 6. The van der Waals surface area contributed by atoms with Gasteiger partial charge in [-0.1, -0.05) is 41.9 Å². The number of nitrogens with one attached hydrogen (secondary N) is 1. The molecule has 0 radical (unpaired) electrons. The summed E-state index contributed by atoms with van der Waals surface area (Å²) in [5, 5.41) is 13.6. The molecule has 106 valence electrons. The lowest BCUT2D eigenvalue weighted by Crippen LogP contribution is -2.04. The molecule has 0 spiro atoms. The fourth-order valence-electron chi connectivity index (χ4n) is 1.92. The summed E-state index contributed by atoms with van der Waals surface area (Å²) in [5.74, 6) is 0.129. The first-order valence-corrected chi connectivity index (χ1v) is 6.96. The predicted molar refractivity (Wildman–Crippen MR) is 82.2 cm³/mol. The zero-order valence-corrected chi connectivity index (χ0v) is 12.2. The number of phenolic OH excluding ortho intramolecular Hbond substituents is 1. The molecule has 0 fully saturated rings. The standard InChI is InChI=1S/C16H18ClNO2/c1-2-20-11-13-6-3-4-9-15(13)18-10-12-7-5-8-14(17)16(12)19/h3-9,18-19H,2,10-11H2,1H3. The van der Waals surface area contributed by atoms with Crippen LogP contribution in [0.15, 0.2) is 42.5 Å². The van der Waals surface area contributed by atoms with Gasteiger partial charge in [0.2, 0.25) is 0 Å². The summed E-state index contributed by atoms with van der Waals surface area (Å²) in [5.41, 5.74) is 2.86. The van der Waals surface area contributed by atoms with E-state index < -0.39 is 0 Å². The Hall–Kier alpha value is -1.71. The van der Waals surface area contributed by atoms with Crippen LogP contribution in [0.25, 0.3) is 0 Å². The topological polar surface area (TPSA) is 41.5 Å². The lowest BCUT2D eigenvalue weighted by atomic mass is 10.1. The molecule has 0 amide bonds. The highest BCUT2D eigenvalue weighted by molar-refractivity contribution is 6.32. The highest BCUT2D eigenvalue weighted by atomic mass is 35.5. The minimum absolute atomic E-state index is 0.129. The average Bonchev–Trinajstić information content (AvgIpc) is 2.47. The summed E-state index contributed by atoms with van der Waals surface area (Å²) < 4.78 is 5.44. The van der Waals surface area contributed by atoms with E-state index in [1.807, 2.05) is 43.3 Å². The van der Waals surface area contributed by atoms with Crippen molar-refractivity contribution in [3.63, 3.8) is 0 Å². The smallest absolute Gasteiger partial charge is 0.139 e. The van der Waals surface area contributed by atoms with Crippen molar-refractivity contribution in [2.75, 3.05) is 11.9 Å². The highest BCUT2D eigenvalue weighted by Gasteiger charge is 2.06. The molecule has 0 aliphatic heterocycles. The van der Waals surface area contributed by atoms with Crippen molar-refractivity contribution in [1.29, 1.82) is 0 Å². The number of ether oxygens (including phenoxy) is 1. The Labute approximate surface area is 124 Å². The number of aromatic hydroxyl groups is 1. The number of hydrogen-bond acceptors (Lipinski definition) is 3. The van der Waals surface area contributed by atoms with Gasteiger partial charge in [0.05, 0.1) is 11.6 Å². The van der Waals surface area contributed by atoms with Gasteiger partial charge in [-0.15, -0.1) is 0 Å². The Bertz CT molecular complexity index is 572. The van der Waals surface area contributed by atoms with Crippen LogP contribution in [-0.2, 0) is 17.9 Å². The van der Waals surface area contributed by atoms with E-state index >= 15 is 0 Å². The predicted octanol–water partition coefficient (Wildman–Crippen LogP) is 4.19. The van der Waals surface area contributed by atoms with Gasteiger partial charge >= 0.3 is 0 Å². The molecule has 0 saturated carbocycles. The molecule has 4 heteroatoms. The number of anilines is 1. The number of halogens is 1. The van der Waals surface area contributed by atoms with E-state index in [0.29, 0.717) is 24.8 Å². The molecular formula is C16H18ClNO2. The van der Waals surface area contributed by atoms with Crippen LogP contribution in [-0.4, -0.2) is 11.7 Å². The normalized spacial score (nSPS) is 10.5. The molecule has 2 rings (SSSR count). The van der Waals surface area contributed by atoms with Gasteiger partial charge in [-0.3, -0.25) is 0 Å². The van der Waals surface area contributed by atoms with Crippen LogP contribution in [0, 0.1) is 0 Å². The van der Waals surface area contributed by atoms with Gasteiger partial charge < -0.3 is 15.2 Å². The first-order chi connectivity index (χ1) is 9.72. The van der Waals surface area contributed by atoms with Crippen molar-refractivity contribution in [2.45, 2.75) is 20.1 Å². The molecular weight excluding hydrogens is 274 g/mol. The average molecular weight is 292 g/mol. The maximum atomic E-state index is 9.89. The molecule has 0 saturated heterocycles. The zero-order chi connectivity index (χ0) is 14.4. The van der Waals surface area contributed by atoms with Crippen molar-refractivity contribution < 1.29 is 9.84 Å². The molecule has 0 aliphatic rings. The number of para-hydroxylation sites is 2. The molecule has 0 atom stereocenters. The molecule has 2 aromatic carbocycles. The van der Waals surface area contributed by atoms with Gasteiger partial charge in [0.25, 0.3) is 0 Å². The Morgan fingerprint density at radius 2 is 1.85 bits per heavy atom. The van der Waals surface area contributed by atoms with Crippen molar-refractivity contribution in [2.24, 2.45) is 0 Å². The third kappa shape index (κ3) is 3.65. The Balaban J connectivity index is 2.09. The van der Waals surface area contributed by atoms with Crippen LogP contribution in [0.3, 0.4) is 0 Å². The van der Waals surface area contributed by atoms with Crippen molar-refractivity contribution in [3.05, 3.63) is 58.6 Å². The second-order valence-corrected chi connectivity index (χ2v) is 4.80. The van der Waals surface area contributed by atoms with Gasteiger partial charge in [0.1, 0.15) is 5.75 Å². The monoisotopic (exact) mass is 291 g/mol. The van der Waals surface area contributed by atoms with Gasteiger partial charge in [-0.05, 0) is 19.1 Å². The van der Waals surface area contributed by atoms with E-state index in [2.05, 4.69) is 5.32 Å². The van der Waals surface area contributed by atoms with Crippen molar-refractivity contribution in [1.82, 2.24) is 0 Å². The Morgan fingerprint density at radius 3 is 2.65 bits per heavy atom. The van der Waals surface area contributed by atoms with Gasteiger partial charge in [0, 0.05) is 30.0 Å². The maximum Gasteiger partial charge on any atom is 0.139 e. The number of hydrogen-bond donors (Lipinski definition) is 2. The van der Waals surface area contributed by atoms with E-state index in [1.54, 1.807) is 6.07 Å². The quantitative estimate of drug-likeness (QED) is 0.838. The first kappa shape index (κ1) is 14.7. The van der Waals surface area contributed by atoms with Crippen LogP contribution in [0.4, 0.5) is 5.69 Å². The Morgan fingerprint density at radius 1 is 1.10 bits per heavy atom. The lowest BCUT2D eigenvalue weighted by molar-refractivity contribution is 0.134. The number of benzene rings is 2. The molecule has 0 heterocycles. The highest BCUT2D eigenvalue weighted by Crippen LogP contribution is 2.28. The largest absolute Gasteiger partial charge is 0.506 e. The van der Waals surface area contributed by atoms with E-state index in [0.717, 1.165) is 16.8 Å². The summed E-state index contributed by atoms with van der Waals surface area (Å²) in [6.45, 7) is 3.74. The molecule has 3 nitrogen and oxygen atoms in total. The van der Waals surface area contributed by atoms with E-state index in [1.165, 1.54) is 0 Å². The first-order valence-electron chi connectivity index (χ1n) is 6.58. The summed E-state index contributed by atoms with van der Waals surface area (Å²) in [6.07, 6.45) is 0. The summed E-state index contributed by atoms with van der Waals surface area (Å²) >= 11 is 5.90. The minimum atomic E-state index is 0.129. The van der Waals surface area contributed by atoms with E-state index in [9.17, 15) is 5.11 Å². The van der Waals surface area contributed by atoms with Crippen LogP contribution in [0.2, 0.25) is 5.02 Å². The molecule has 0 unspecified atom stereocenters. The third-order valence-corrected chi connectivity index (χ3v) is 3.32. The van der Waals surface area contributed by atoms with E-state index in [4.69, 9.17) is 16.3 Å². The van der Waals surface area contributed by atoms with Gasteiger partial charge in [-0.2, -0.15) is 0 Å². The van der Waals surface area contributed by atoms with Crippen molar-refractivity contribution in [3.8, 4) is 5.75 Å². The third-order valence-electron chi connectivity index (χ3n) is 3.02. The molecule has 0 aromatic heterocycles. The summed E-state index contributed by atoms with van der Waals surface area (Å²) in [6, 6.07) is 13.3. The van der Waals surface area contributed by atoms with Gasteiger partial charge in [0.15, 0.2) is 0 Å². The van der Waals surface area contributed by atoms with Crippen molar-refractivity contribution >= 4 is 17.3 Å². The molecule has 0 aliphatic carbocycles. The van der Waals surface area contributed by atoms with Crippen LogP contribution in [0.1, 0.15) is 18.1 Å². The summed E-state index contributed by atoms with van der Waals surface area (Å²) in [4.78, 5) is 0. The molecule has 20 heavy (non-hydrogen) atoms. The second kappa shape index (κ2) is 7.17. The fourth-order valence-corrected chi connectivity index (χ4v) is 2.12. The number of phenols is 1. The van der Waals surface area contributed by atoms with E-state index in [-0.39, 0.29) is 5.75 Å². The fraction of sp³-hybridized carbons (Fsp3) is 0.250. The Kier molecular flexibility index (Phi) is 5.27. The van der Waals surface area contributed by atoms with Crippen LogP contribution in [0.5, 0.6) is 5.75 Å². The minimum Gasteiger partial charge on any atom is -0.506 e. The SMILES string of the molecule is CCOCc1ccccc1NCc1cccc(Cl)c1O. The lowest BCUT2D eigenvalue weighted by Gasteiger charge is -2.13. The van der Waals surface area contributed by atoms with Gasteiger partial charge in [-0.25, -0.2) is 0 Å². The van der Waals surface area contributed by atoms with Crippen LogP contribution >= 0.6 is 11.6 Å². The zero-order valence-electron chi connectivity index (χ0n) is 11.4.